The van der Waals surface area contributed by atoms with E-state index >= 15 is 0 Å². The highest BCUT2D eigenvalue weighted by Gasteiger charge is 2.29. The molecule has 1 amide bonds. The summed E-state index contributed by atoms with van der Waals surface area (Å²) in [4.78, 5) is 35.1. The number of nitrogens with one attached hydrogen (secondary N) is 1. The van der Waals surface area contributed by atoms with Crippen LogP contribution in [0.5, 0.6) is 0 Å². The predicted octanol–water partition coefficient (Wildman–Crippen LogP) is 1.69. The highest BCUT2D eigenvalue weighted by Crippen LogP contribution is 2.20. The first-order valence-corrected chi connectivity index (χ1v) is 7.49. The Labute approximate surface area is 129 Å². The highest BCUT2D eigenvalue weighted by molar-refractivity contribution is 5.99. The summed E-state index contributed by atoms with van der Waals surface area (Å²) >= 11 is 0. The predicted molar refractivity (Wildman–Crippen MR) is 80.7 cm³/mol. The number of ketones is 1. The third kappa shape index (κ3) is 3.21. The number of aromatic nitrogens is 1. The van der Waals surface area contributed by atoms with Crippen molar-refractivity contribution in [1.29, 1.82) is 0 Å². The summed E-state index contributed by atoms with van der Waals surface area (Å²) in [6.07, 6.45) is 0.747. The second-order valence-corrected chi connectivity index (χ2v) is 5.94. The van der Waals surface area contributed by atoms with Crippen LogP contribution in [0.2, 0.25) is 0 Å². The van der Waals surface area contributed by atoms with Crippen LogP contribution in [0, 0.1) is 13.8 Å². The molecule has 1 fully saturated rings. The van der Waals surface area contributed by atoms with Gasteiger partial charge in [0.05, 0.1) is 0 Å². The van der Waals surface area contributed by atoms with Crippen LogP contribution in [0.25, 0.3) is 0 Å². The molecule has 0 aromatic carbocycles. The molecule has 6 nitrogen and oxygen atoms in total. The van der Waals surface area contributed by atoms with Crippen molar-refractivity contribution in [2.24, 2.45) is 0 Å². The van der Waals surface area contributed by atoms with Crippen molar-refractivity contribution >= 4 is 17.7 Å². The van der Waals surface area contributed by atoms with Crippen molar-refractivity contribution in [3.63, 3.8) is 0 Å². The van der Waals surface area contributed by atoms with Gasteiger partial charge < -0.3 is 14.6 Å². The lowest BCUT2D eigenvalue weighted by Crippen LogP contribution is -2.35. The van der Waals surface area contributed by atoms with Crippen LogP contribution in [-0.4, -0.2) is 34.9 Å². The Bertz CT molecular complexity index is 616. The molecule has 0 saturated carbocycles. The quantitative estimate of drug-likeness (QED) is 0.663. The van der Waals surface area contributed by atoms with Gasteiger partial charge in [-0.05, 0) is 40.2 Å². The number of amides is 1. The lowest BCUT2D eigenvalue weighted by molar-refractivity contribution is -0.145. The van der Waals surface area contributed by atoms with Crippen LogP contribution in [-0.2, 0) is 14.3 Å². The number of ether oxygens (including phenoxy) is 1. The summed E-state index contributed by atoms with van der Waals surface area (Å²) < 4.78 is 7.12. The Kier molecular flexibility index (Phi) is 4.68. The van der Waals surface area contributed by atoms with Crippen LogP contribution in [0.3, 0.4) is 0 Å². The topological polar surface area (TPSA) is 77.4 Å². The Hall–Kier alpha value is -2.11. The zero-order valence-electron chi connectivity index (χ0n) is 13.4. The van der Waals surface area contributed by atoms with Gasteiger partial charge >= 0.3 is 5.97 Å². The maximum Gasteiger partial charge on any atom is 0.329 e. The third-order valence-electron chi connectivity index (χ3n) is 3.93. The molecule has 1 aromatic heterocycles. The minimum Gasteiger partial charge on any atom is -0.456 e. The number of aryl methyl sites for hydroxylation is 1. The molecule has 2 heterocycles. The monoisotopic (exact) mass is 306 g/mol. The first-order chi connectivity index (χ1) is 10.3. The van der Waals surface area contributed by atoms with Gasteiger partial charge in [0, 0.05) is 29.4 Å². The Morgan fingerprint density at radius 3 is 2.59 bits per heavy atom. The number of Topliss-reactive ketones (excluding diaryl/α,β-unsaturated/α-hetero) is 1. The molecule has 1 saturated heterocycles. The second kappa shape index (κ2) is 6.34. The second-order valence-electron chi connectivity index (χ2n) is 5.94. The van der Waals surface area contributed by atoms with Gasteiger partial charge in [-0.1, -0.05) is 0 Å². The maximum atomic E-state index is 12.3. The van der Waals surface area contributed by atoms with E-state index in [4.69, 9.17) is 4.74 Å². The number of rotatable bonds is 5. The molecular weight excluding hydrogens is 284 g/mol. The average Bonchev–Trinajstić information content (AvgIpc) is 2.99. The Morgan fingerprint density at radius 2 is 2.09 bits per heavy atom. The lowest BCUT2D eigenvalue weighted by Gasteiger charge is -2.13. The van der Waals surface area contributed by atoms with Gasteiger partial charge in [-0.15, -0.1) is 0 Å². The maximum absolute atomic E-state index is 12.3. The number of hydrogen-bond acceptors (Lipinski definition) is 4. The van der Waals surface area contributed by atoms with E-state index in [0.717, 1.165) is 11.4 Å². The molecule has 22 heavy (non-hydrogen) atoms. The zero-order valence-corrected chi connectivity index (χ0v) is 13.4. The van der Waals surface area contributed by atoms with Crippen molar-refractivity contribution in [2.45, 2.75) is 52.6 Å². The molecular formula is C16H22N2O4. The zero-order chi connectivity index (χ0) is 16.4. The van der Waals surface area contributed by atoms with E-state index in [1.165, 1.54) is 0 Å². The van der Waals surface area contributed by atoms with E-state index in [1.54, 1.807) is 0 Å². The number of carbonyl (C=O) groups is 3. The van der Waals surface area contributed by atoms with E-state index in [9.17, 15) is 14.4 Å². The molecule has 0 spiro atoms. The van der Waals surface area contributed by atoms with E-state index in [0.29, 0.717) is 18.4 Å². The van der Waals surface area contributed by atoms with Gasteiger partial charge in [0.25, 0.3) is 0 Å². The molecule has 0 bridgehead atoms. The van der Waals surface area contributed by atoms with Gasteiger partial charge in [0.1, 0.15) is 6.04 Å². The van der Waals surface area contributed by atoms with E-state index in [2.05, 4.69) is 23.7 Å². The molecule has 1 atom stereocenters. The molecule has 6 heteroatoms. The molecule has 1 N–H and O–H groups in total. The summed E-state index contributed by atoms with van der Waals surface area (Å²) in [5.74, 6) is -0.928. The smallest absolute Gasteiger partial charge is 0.329 e. The first kappa shape index (κ1) is 16.3. The molecule has 1 aliphatic heterocycles. The van der Waals surface area contributed by atoms with Crippen LogP contribution in [0.4, 0.5) is 0 Å². The largest absolute Gasteiger partial charge is 0.456 e. The molecule has 2 rings (SSSR count). The molecule has 0 radical (unpaired) electrons. The van der Waals surface area contributed by atoms with Gasteiger partial charge in [0.2, 0.25) is 11.7 Å². The number of esters is 1. The third-order valence-corrected chi connectivity index (χ3v) is 3.93. The minimum absolute atomic E-state index is 0.159. The SMILES string of the molecule is Cc1cc(C(=O)COC(=O)[C@@H]2CCC(=O)N2)c(C)n1C(C)C. The van der Waals surface area contributed by atoms with Gasteiger partial charge in [-0.25, -0.2) is 4.79 Å². The van der Waals surface area contributed by atoms with Crippen LogP contribution < -0.4 is 5.32 Å². The average molecular weight is 306 g/mol. The van der Waals surface area contributed by atoms with Crippen LogP contribution in [0.15, 0.2) is 6.07 Å². The van der Waals surface area contributed by atoms with Crippen LogP contribution in [0.1, 0.15) is 54.5 Å². The minimum atomic E-state index is -0.622. The molecule has 0 aliphatic carbocycles. The summed E-state index contributed by atoms with van der Waals surface area (Å²) in [7, 11) is 0. The van der Waals surface area contributed by atoms with E-state index in [1.807, 2.05) is 19.9 Å². The van der Waals surface area contributed by atoms with Crippen molar-refractivity contribution in [3.05, 3.63) is 23.0 Å². The molecule has 1 aromatic rings. The van der Waals surface area contributed by atoms with Crippen LogP contribution >= 0.6 is 0 Å². The van der Waals surface area contributed by atoms with Crippen molar-refractivity contribution < 1.29 is 19.1 Å². The normalized spacial score (nSPS) is 17.7. The fraction of sp³-hybridized carbons (Fsp3) is 0.562. The number of hydrogen-bond donors (Lipinski definition) is 1. The van der Waals surface area contributed by atoms with Gasteiger partial charge in [-0.2, -0.15) is 0 Å². The summed E-state index contributed by atoms with van der Waals surface area (Å²) in [6, 6.07) is 1.46. The number of nitrogens with zero attached hydrogens (tertiary/aromatic N) is 1. The summed E-state index contributed by atoms with van der Waals surface area (Å²) in [5.41, 5.74) is 2.46. The number of carbonyl (C=O) groups excluding carboxylic acids is 3. The van der Waals surface area contributed by atoms with E-state index in [-0.39, 0.29) is 24.3 Å². The van der Waals surface area contributed by atoms with Crippen molar-refractivity contribution in [1.82, 2.24) is 9.88 Å². The molecule has 0 unspecified atom stereocenters. The fourth-order valence-electron chi connectivity index (χ4n) is 2.96. The van der Waals surface area contributed by atoms with Gasteiger partial charge in [-0.3, -0.25) is 9.59 Å². The Balaban J connectivity index is 2.00. The first-order valence-electron chi connectivity index (χ1n) is 7.49. The van der Waals surface area contributed by atoms with E-state index < -0.39 is 12.0 Å². The van der Waals surface area contributed by atoms with Crippen molar-refractivity contribution in [3.8, 4) is 0 Å². The fourth-order valence-corrected chi connectivity index (χ4v) is 2.96. The molecule has 1 aliphatic rings. The summed E-state index contributed by atoms with van der Waals surface area (Å²) in [6.45, 7) is 7.64. The lowest BCUT2D eigenvalue weighted by atomic mass is 10.1. The standard InChI is InChI=1S/C16H22N2O4/c1-9(2)18-10(3)7-12(11(18)4)14(19)8-22-16(21)13-5-6-15(20)17-13/h7,9,13H,5-6,8H2,1-4H3,(H,17,20)/t13-/m0/s1. The Morgan fingerprint density at radius 1 is 1.41 bits per heavy atom. The van der Waals surface area contributed by atoms with Crippen molar-refractivity contribution in [2.75, 3.05) is 6.61 Å². The summed E-state index contributed by atoms with van der Waals surface area (Å²) in [5, 5.41) is 2.53. The van der Waals surface area contributed by atoms with Gasteiger partial charge in [0.15, 0.2) is 6.61 Å². The highest BCUT2D eigenvalue weighted by atomic mass is 16.5. The molecule has 120 valence electrons.